The van der Waals surface area contributed by atoms with E-state index in [4.69, 9.17) is 23.2 Å². The number of nitrogens with zero attached hydrogens (tertiary/aromatic N) is 3. The largest absolute Gasteiger partial charge is 0.369 e. The van der Waals surface area contributed by atoms with E-state index in [1.165, 1.54) is 0 Å². The van der Waals surface area contributed by atoms with Crippen LogP contribution in [0.25, 0.3) is 0 Å². The second kappa shape index (κ2) is 4.68. The highest BCUT2D eigenvalue weighted by Gasteiger charge is 1.93. The van der Waals surface area contributed by atoms with Gasteiger partial charge >= 0.3 is 0 Å². The Morgan fingerprint density at radius 1 is 1.77 bits per heavy atom. The Morgan fingerprint density at radius 2 is 2.54 bits per heavy atom. The number of hydrogen-bond acceptors (Lipinski definition) is 3. The van der Waals surface area contributed by atoms with Gasteiger partial charge in [0.2, 0.25) is 5.96 Å². The fourth-order valence-corrected chi connectivity index (χ4v) is 0.935. The van der Waals surface area contributed by atoms with Crippen molar-refractivity contribution in [2.45, 2.75) is 6.54 Å². The Balaban J connectivity index is 2.35. The minimum atomic E-state index is 0.207. The van der Waals surface area contributed by atoms with Crippen LogP contribution in [0.3, 0.4) is 0 Å². The zero-order valence-electron chi connectivity index (χ0n) is 6.94. The first kappa shape index (κ1) is 9.82. The van der Waals surface area contributed by atoms with Gasteiger partial charge in [0.15, 0.2) is 0 Å². The van der Waals surface area contributed by atoms with Crippen LogP contribution in [-0.4, -0.2) is 22.3 Å². The fourth-order valence-electron chi connectivity index (χ4n) is 0.779. The van der Waals surface area contributed by atoms with Gasteiger partial charge in [-0.2, -0.15) is 5.10 Å². The van der Waals surface area contributed by atoms with Gasteiger partial charge in [0.05, 0.1) is 24.3 Å². The Morgan fingerprint density at radius 3 is 3.08 bits per heavy atom. The van der Waals surface area contributed by atoms with Crippen molar-refractivity contribution in [2.24, 2.45) is 16.6 Å². The molecule has 1 heterocycles. The van der Waals surface area contributed by atoms with Crippen LogP contribution in [0.15, 0.2) is 17.4 Å². The van der Waals surface area contributed by atoms with Gasteiger partial charge in [0, 0.05) is 6.20 Å². The molecule has 5 N–H and O–H groups in total. The molecule has 0 fully saturated rings. The van der Waals surface area contributed by atoms with E-state index in [1.54, 1.807) is 17.1 Å². The average molecular weight is 203 g/mol. The molecule has 6 nitrogen and oxygen atoms in total. The first-order valence-electron chi connectivity index (χ1n) is 3.67. The molecule has 72 valence electrons. The Bertz CT molecular complexity index is 293. The number of rotatable bonds is 3. The van der Waals surface area contributed by atoms with Crippen LogP contribution in [0.1, 0.15) is 0 Å². The minimum absolute atomic E-state index is 0.207. The lowest BCUT2D eigenvalue weighted by Crippen LogP contribution is -2.37. The van der Waals surface area contributed by atoms with Crippen molar-refractivity contribution in [3.8, 4) is 0 Å². The van der Waals surface area contributed by atoms with Gasteiger partial charge in [-0.25, -0.2) is 5.84 Å². The molecule has 7 heteroatoms. The van der Waals surface area contributed by atoms with Crippen molar-refractivity contribution in [3.05, 3.63) is 17.4 Å². The first-order chi connectivity index (χ1) is 6.22. The van der Waals surface area contributed by atoms with Crippen molar-refractivity contribution < 1.29 is 0 Å². The fraction of sp³-hybridized carbons (Fsp3) is 0.333. The van der Waals surface area contributed by atoms with Gasteiger partial charge in [0.25, 0.3) is 0 Å². The van der Waals surface area contributed by atoms with E-state index >= 15 is 0 Å². The number of hydrazine groups is 1. The van der Waals surface area contributed by atoms with Gasteiger partial charge in [-0.1, -0.05) is 11.6 Å². The molecule has 0 amide bonds. The molecule has 0 spiro atoms. The number of halogens is 1. The van der Waals surface area contributed by atoms with Crippen LogP contribution in [0.2, 0.25) is 5.02 Å². The number of nitrogens with two attached hydrogens (primary N) is 2. The van der Waals surface area contributed by atoms with Crippen molar-refractivity contribution in [1.29, 1.82) is 0 Å². The molecule has 0 saturated heterocycles. The van der Waals surface area contributed by atoms with Crippen molar-refractivity contribution in [3.63, 3.8) is 0 Å². The highest BCUT2D eigenvalue weighted by Crippen LogP contribution is 2.03. The third-order valence-electron chi connectivity index (χ3n) is 1.36. The molecule has 0 radical (unpaired) electrons. The Kier molecular flexibility index (Phi) is 3.53. The summed E-state index contributed by atoms with van der Waals surface area (Å²) in [5, 5.41) is 4.57. The zero-order chi connectivity index (χ0) is 9.68. The standard InChI is InChI=1S/C6H11ClN6/c7-5-3-11-13(4-5)2-1-10-6(8)12-9/h3-4H,1-2,9H2,(H3,8,10,12). The summed E-state index contributed by atoms with van der Waals surface area (Å²) in [7, 11) is 0. The number of aliphatic imine (C=N–C) groups is 1. The molecule has 0 aliphatic rings. The van der Waals surface area contributed by atoms with E-state index in [-0.39, 0.29) is 5.96 Å². The van der Waals surface area contributed by atoms with Crippen LogP contribution in [0, 0.1) is 0 Å². The van der Waals surface area contributed by atoms with E-state index in [0.29, 0.717) is 18.1 Å². The summed E-state index contributed by atoms with van der Waals surface area (Å²) in [5.74, 6) is 5.21. The third-order valence-corrected chi connectivity index (χ3v) is 1.56. The molecule has 0 aliphatic heterocycles. The molecule has 0 aromatic carbocycles. The smallest absolute Gasteiger partial charge is 0.203 e. The van der Waals surface area contributed by atoms with Gasteiger partial charge in [0.1, 0.15) is 0 Å². The first-order valence-corrected chi connectivity index (χ1v) is 4.04. The van der Waals surface area contributed by atoms with Gasteiger partial charge < -0.3 is 5.73 Å². The quantitative estimate of drug-likeness (QED) is 0.262. The van der Waals surface area contributed by atoms with Crippen molar-refractivity contribution in [2.75, 3.05) is 6.54 Å². The van der Waals surface area contributed by atoms with Crippen LogP contribution in [0.4, 0.5) is 0 Å². The molecule has 0 bridgehead atoms. The molecule has 0 atom stereocenters. The molecule has 1 aromatic rings. The molecule has 0 unspecified atom stereocenters. The number of aromatic nitrogens is 2. The number of nitrogens with one attached hydrogen (secondary N) is 1. The van der Waals surface area contributed by atoms with Crippen LogP contribution < -0.4 is 17.0 Å². The predicted molar refractivity (Wildman–Crippen MR) is 51.0 cm³/mol. The van der Waals surface area contributed by atoms with Crippen molar-refractivity contribution in [1.82, 2.24) is 15.2 Å². The molecule has 1 aromatic heterocycles. The van der Waals surface area contributed by atoms with Gasteiger partial charge in [-0.3, -0.25) is 15.1 Å². The zero-order valence-corrected chi connectivity index (χ0v) is 7.70. The molecular formula is C6H11ClN6. The maximum Gasteiger partial charge on any atom is 0.203 e. The summed E-state index contributed by atoms with van der Waals surface area (Å²) >= 11 is 5.65. The summed E-state index contributed by atoms with van der Waals surface area (Å²) in [4.78, 5) is 3.90. The lowest BCUT2D eigenvalue weighted by molar-refractivity contribution is 0.624. The lowest BCUT2D eigenvalue weighted by atomic mass is 10.6. The van der Waals surface area contributed by atoms with E-state index < -0.39 is 0 Å². The molecule has 0 aliphatic carbocycles. The van der Waals surface area contributed by atoms with Gasteiger partial charge in [-0.05, 0) is 0 Å². The maximum absolute atomic E-state index is 5.65. The van der Waals surface area contributed by atoms with Crippen LogP contribution >= 0.6 is 11.6 Å². The molecule has 0 saturated carbocycles. The monoisotopic (exact) mass is 202 g/mol. The summed E-state index contributed by atoms with van der Waals surface area (Å²) in [5.41, 5.74) is 7.53. The lowest BCUT2D eigenvalue weighted by Gasteiger charge is -1.99. The maximum atomic E-state index is 5.65. The second-order valence-electron chi connectivity index (χ2n) is 2.33. The average Bonchev–Trinajstić information content (AvgIpc) is 2.51. The molecular weight excluding hydrogens is 192 g/mol. The Labute approximate surface area is 80.5 Å². The van der Waals surface area contributed by atoms with Crippen LogP contribution in [0.5, 0.6) is 0 Å². The Hall–Kier alpha value is -1.27. The van der Waals surface area contributed by atoms with E-state index in [1.807, 2.05) is 0 Å². The number of guanidine groups is 1. The highest BCUT2D eigenvalue weighted by molar-refractivity contribution is 6.30. The van der Waals surface area contributed by atoms with Gasteiger partial charge in [-0.15, -0.1) is 0 Å². The second-order valence-corrected chi connectivity index (χ2v) is 2.77. The summed E-state index contributed by atoms with van der Waals surface area (Å²) in [6, 6.07) is 0. The minimum Gasteiger partial charge on any atom is -0.369 e. The van der Waals surface area contributed by atoms with Crippen LogP contribution in [-0.2, 0) is 6.54 Å². The van der Waals surface area contributed by atoms with E-state index in [2.05, 4.69) is 15.5 Å². The summed E-state index contributed by atoms with van der Waals surface area (Å²) in [6.07, 6.45) is 3.28. The van der Waals surface area contributed by atoms with Crippen molar-refractivity contribution >= 4 is 17.6 Å². The number of hydrogen-bond donors (Lipinski definition) is 3. The highest BCUT2D eigenvalue weighted by atomic mass is 35.5. The predicted octanol–water partition coefficient (Wildman–Crippen LogP) is -0.685. The normalized spacial score (nSPS) is 11.7. The SMILES string of the molecule is NNC(N)=NCCn1cc(Cl)cn1. The summed E-state index contributed by atoms with van der Waals surface area (Å²) in [6.45, 7) is 1.13. The molecule has 1 rings (SSSR count). The topological polar surface area (TPSA) is 94.2 Å². The molecule has 13 heavy (non-hydrogen) atoms. The van der Waals surface area contributed by atoms with E-state index in [0.717, 1.165) is 0 Å². The van der Waals surface area contributed by atoms with E-state index in [9.17, 15) is 0 Å². The summed E-state index contributed by atoms with van der Waals surface area (Å²) < 4.78 is 1.68. The third kappa shape index (κ3) is 3.30.